The lowest BCUT2D eigenvalue weighted by atomic mass is 10.2. The van der Waals surface area contributed by atoms with Gasteiger partial charge in [-0.1, -0.05) is 0 Å². The molecule has 0 spiro atoms. The van der Waals surface area contributed by atoms with Crippen molar-refractivity contribution in [3.05, 3.63) is 53.8 Å². The maximum atomic E-state index is 12.9. The standard InChI is InChI=1S/C20H20FN3O4/c1-3-27-18-10-14(11-22)4-9-17(18)28-13-20(26)24(2)12-19(25)23-16-7-5-15(21)6-8-16/h4-10H,3,12-13H2,1-2H3,(H,23,25). The van der Waals surface area contributed by atoms with Crippen LogP contribution in [-0.2, 0) is 9.59 Å². The molecule has 28 heavy (non-hydrogen) atoms. The van der Waals surface area contributed by atoms with Gasteiger partial charge < -0.3 is 19.7 Å². The first-order chi connectivity index (χ1) is 13.4. The van der Waals surface area contributed by atoms with E-state index in [0.29, 0.717) is 29.4 Å². The molecule has 1 N–H and O–H groups in total. The molecule has 0 fully saturated rings. The largest absolute Gasteiger partial charge is 0.490 e. The number of carbonyl (C=O) groups excluding carboxylic acids is 2. The number of hydrogen-bond donors (Lipinski definition) is 1. The molecule has 0 aliphatic rings. The molecule has 2 amide bonds. The third kappa shape index (κ3) is 5.99. The summed E-state index contributed by atoms with van der Waals surface area (Å²) < 4.78 is 23.8. The van der Waals surface area contributed by atoms with Crippen LogP contribution in [0.5, 0.6) is 11.5 Å². The summed E-state index contributed by atoms with van der Waals surface area (Å²) in [6.45, 7) is 1.68. The SMILES string of the molecule is CCOc1cc(C#N)ccc1OCC(=O)N(C)CC(=O)Nc1ccc(F)cc1. The van der Waals surface area contributed by atoms with Crippen LogP contribution in [0.3, 0.4) is 0 Å². The molecular weight excluding hydrogens is 365 g/mol. The molecule has 0 radical (unpaired) electrons. The van der Waals surface area contributed by atoms with Gasteiger partial charge in [-0.25, -0.2) is 4.39 Å². The number of nitrogens with one attached hydrogen (secondary N) is 1. The molecule has 0 heterocycles. The van der Waals surface area contributed by atoms with Crippen LogP contribution in [0, 0.1) is 17.1 Å². The second kappa shape index (κ2) is 9.92. The lowest BCUT2D eigenvalue weighted by Crippen LogP contribution is -2.37. The smallest absolute Gasteiger partial charge is 0.260 e. The van der Waals surface area contributed by atoms with E-state index in [4.69, 9.17) is 14.7 Å². The molecular formula is C20H20FN3O4. The van der Waals surface area contributed by atoms with E-state index in [1.165, 1.54) is 42.3 Å². The molecule has 0 saturated carbocycles. The van der Waals surface area contributed by atoms with Gasteiger partial charge in [0.05, 0.1) is 24.8 Å². The normalized spacial score (nSPS) is 9.93. The number of rotatable bonds is 8. The highest BCUT2D eigenvalue weighted by Crippen LogP contribution is 2.28. The van der Waals surface area contributed by atoms with Crippen molar-refractivity contribution in [2.75, 3.05) is 32.1 Å². The number of likely N-dealkylation sites (N-methyl/N-ethyl adjacent to an activating group) is 1. The Morgan fingerprint density at radius 3 is 2.50 bits per heavy atom. The van der Waals surface area contributed by atoms with Gasteiger partial charge in [0.1, 0.15) is 5.82 Å². The number of nitrogens with zero attached hydrogens (tertiary/aromatic N) is 2. The highest BCUT2D eigenvalue weighted by atomic mass is 19.1. The number of halogens is 1. The van der Waals surface area contributed by atoms with Crippen LogP contribution < -0.4 is 14.8 Å². The average Bonchev–Trinajstić information content (AvgIpc) is 2.68. The van der Waals surface area contributed by atoms with E-state index < -0.39 is 17.6 Å². The second-order valence-electron chi connectivity index (χ2n) is 5.80. The highest BCUT2D eigenvalue weighted by Gasteiger charge is 2.15. The Morgan fingerprint density at radius 1 is 1.14 bits per heavy atom. The molecule has 2 aromatic carbocycles. The third-order valence-electron chi connectivity index (χ3n) is 3.66. The molecule has 7 nitrogen and oxygen atoms in total. The number of ether oxygens (including phenoxy) is 2. The van der Waals surface area contributed by atoms with Crippen molar-refractivity contribution >= 4 is 17.5 Å². The molecule has 2 aromatic rings. The summed E-state index contributed by atoms with van der Waals surface area (Å²) in [6, 6.07) is 12.0. The summed E-state index contributed by atoms with van der Waals surface area (Å²) in [5, 5.41) is 11.5. The minimum Gasteiger partial charge on any atom is -0.490 e. The van der Waals surface area contributed by atoms with Crippen LogP contribution >= 0.6 is 0 Å². The summed E-state index contributed by atoms with van der Waals surface area (Å²) in [4.78, 5) is 25.4. The van der Waals surface area contributed by atoms with Crippen LogP contribution in [0.15, 0.2) is 42.5 Å². The molecule has 0 atom stereocenters. The van der Waals surface area contributed by atoms with Crippen LogP contribution in [0.2, 0.25) is 0 Å². The first kappa shape index (κ1) is 20.7. The van der Waals surface area contributed by atoms with Crippen LogP contribution in [-0.4, -0.2) is 43.5 Å². The summed E-state index contributed by atoms with van der Waals surface area (Å²) in [6.07, 6.45) is 0. The van der Waals surface area contributed by atoms with E-state index in [1.54, 1.807) is 19.1 Å². The molecule has 0 aliphatic heterocycles. The molecule has 8 heteroatoms. The molecule has 0 bridgehead atoms. The molecule has 146 valence electrons. The van der Waals surface area contributed by atoms with Gasteiger partial charge in [-0.3, -0.25) is 9.59 Å². The molecule has 0 aromatic heterocycles. The Balaban J connectivity index is 1.89. The van der Waals surface area contributed by atoms with E-state index >= 15 is 0 Å². The van der Waals surface area contributed by atoms with Crippen molar-refractivity contribution < 1.29 is 23.5 Å². The van der Waals surface area contributed by atoms with E-state index in [1.807, 2.05) is 6.07 Å². The minimum absolute atomic E-state index is 0.189. The fourth-order valence-corrected chi connectivity index (χ4v) is 2.25. The monoisotopic (exact) mass is 385 g/mol. The van der Waals surface area contributed by atoms with Gasteiger partial charge in [0.25, 0.3) is 5.91 Å². The predicted octanol–water partition coefficient (Wildman–Crippen LogP) is 2.57. The Kier molecular flexibility index (Phi) is 7.34. The predicted molar refractivity (Wildman–Crippen MR) is 100 cm³/mol. The molecule has 0 unspecified atom stereocenters. The minimum atomic E-state index is -0.421. The molecule has 0 saturated heterocycles. The van der Waals surface area contributed by atoms with Gasteiger partial charge in [-0.15, -0.1) is 0 Å². The summed E-state index contributed by atoms with van der Waals surface area (Å²) >= 11 is 0. The Morgan fingerprint density at radius 2 is 1.86 bits per heavy atom. The number of benzene rings is 2. The van der Waals surface area contributed by atoms with E-state index in [-0.39, 0.29) is 13.2 Å². The highest BCUT2D eigenvalue weighted by molar-refractivity contribution is 5.94. The first-order valence-electron chi connectivity index (χ1n) is 8.52. The summed E-state index contributed by atoms with van der Waals surface area (Å²) in [5.74, 6) is -0.544. The zero-order chi connectivity index (χ0) is 20.5. The topological polar surface area (TPSA) is 91.7 Å². The van der Waals surface area contributed by atoms with Gasteiger partial charge in [0.15, 0.2) is 18.1 Å². The van der Waals surface area contributed by atoms with Crippen molar-refractivity contribution in [3.8, 4) is 17.6 Å². The van der Waals surface area contributed by atoms with Crippen LogP contribution in [0.4, 0.5) is 10.1 Å². The number of carbonyl (C=O) groups is 2. The van der Waals surface area contributed by atoms with E-state index in [2.05, 4.69) is 5.32 Å². The fraction of sp³-hybridized carbons (Fsp3) is 0.250. The van der Waals surface area contributed by atoms with Crippen molar-refractivity contribution in [1.82, 2.24) is 4.90 Å². The van der Waals surface area contributed by atoms with Crippen molar-refractivity contribution in [2.45, 2.75) is 6.92 Å². The third-order valence-corrected chi connectivity index (χ3v) is 3.66. The lowest BCUT2D eigenvalue weighted by molar-refractivity contribution is -0.135. The number of anilines is 1. The quantitative estimate of drug-likeness (QED) is 0.754. The number of amides is 2. The Hall–Kier alpha value is -3.60. The van der Waals surface area contributed by atoms with Gasteiger partial charge in [0, 0.05) is 18.8 Å². The van der Waals surface area contributed by atoms with Gasteiger partial charge in [0.2, 0.25) is 5.91 Å². The molecule has 0 aliphatic carbocycles. The maximum absolute atomic E-state index is 12.9. The van der Waals surface area contributed by atoms with Gasteiger partial charge in [-0.05, 0) is 43.3 Å². The van der Waals surface area contributed by atoms with Gasteiger partial charge >= 0.3 is 0 Å². The van der Waals surface area contributed by atoms with Crippen molar-refractivity contribution in [2.24, 2.45) is 0 Å². The average molecular weight is 385 g/mol. The summed E-state index contributed by atoms with van der Waals surface area (Å²) in [7, 11) is 1.47. The Labute approximate surface area is 162 Å². The number of hydrogen-bond acceptors (Lipinski definition) is 5. The summed E-state index contributed by atoms with van der Waals surface area (Å²) in [5.41, 5.74) is 0.846. The fourth-order valence-electron chi connectivity index (χ4n) is 2.25. The lowest BCUT2D eigenvalue weighted by Gasteiger charge is -2.18. The second-order valence-corrected chi connectivity index (χ2v) is 5.80. The Bertz CT molecular complexity index is 878. The zero-order valence-corrected chi connectivity index (χ0v) is 15.6. The van der Waals surface area contributed by atoms with E-state index in [0.717, 1.165) is 0 Å². The van der Waals surface area contributed by atoms with Crippen molar-refractivity contribution in [3.63, 3.8) is 0 Å². The van der Waals surface area contributed by atoms with Gasteiger partial charge in [-0.2, -0.15) is 5.26 Å². The van der Waals surface area contributed by atoms with E-state index in [9.17, 15) is 14.0 Å². The van der Waals surface area contributed by atoms with Crippen molar-refractivity contribution in [1.29, 1.82) is 5.26 Å². The zero-order valence-electron chi connectivity index (χ0n) is 15.6. The van der Waals surface area contributed by atoms with Crippen LogP contribution in [0.25, 0.3) is 0 Å². The molecule has 2 rings (SSSR count). The number of nitriles is 1. The maximum Gasteiger partial charge on any atom is 0.260 e. The first-order valence-corrected chi connectivity index (χ1v) is 8.52. The van der Waals surface area contributed by atoms with Crippen LogP contribution in [0.1, 0.15) is 12.5 Å².